The topological polar surface area (TPSA) is 32.3 Å². The molecular formula is C16H23BrN2OS. The molecule has 1 amide bonds. The number of hydrogen-bond acceptors (Lipinski definition) is 3. The summed E-state index contributed by atoms with van der Waals surface area (Å²) in [7, 11) is 0. The van der Waals surface area contributed by atoms with Gasteiger partial charge >= 0.3 is 0 Å². The van der Waals surface area contributed by atoms with Crippen molar-refractivity contribution < 1.29 is 4.79 Å². The molecule has 0 spiro atoms. The zero-order valence-electron chi connectivity index (χ0n) is 12.5. The number of likely N-dealkylation sites (tertiary alicyclic amines) is 1. The summed E-state index contributed by atoms with van der Waals surface area (Å²) in [5.74, 6) is 0.487. The van der Waals surface area contributed by atoms with E-state index in [0.29, 0.717) is 5.92 Å². The molecular weight excluding hydrogens is 348 g/mol. The molecule has 1 aliphatic rings. The summed E-state index contributed by atoms with van der Waals surface area (Å²) in [4.78, 5) is 15.4. The van der Waals surface area contributed by atoms with Crippen molar-refractivity contribution >= 4 is 39.2 Å². The van der Waals surface area contributed by atoms with Gasteiger partial charge in [0.15, 0.2) is 0 Å². The monoisotopic (exact) mass is 370 g/mol. The van der Waals surface area contributed by atoms with Crippen molar-refractivity contribution in [3.63, 3.8) is 0 Å². The third-order valence-corrected chi connectivity index (χ3v) is 5.23. The third-order valence-electron chi connectivity index (χ3n) is 3.64. The van der Waals surface area contributed by atoms with E-state index in [1.54, 1.807) is 17.4 Å². The van der Waals surface area contributed by atoms with Crippen molar-refractivity contribution in [3.05, 3.63) is 26.9 Å². The van der Waals surface area contributed by atoms with Crippen molar-refractivity contribution in [3.8, 4) is 0 Å². The minimum Gasteiger partial charge on any atom is -0.352 e. The van der Waals surface area contributed by atoms with Crippen LogP contribution in [0, 0.1) is 5.92 Å². The summed E-state index contributed by atoms with van der Waals surface area (Å²) in [6, 6.07) is 3.99. The number of piperidine rings is 1. The van der Waals surface area contributed by atoms with Gasteiger partial charge in [0.2, 0.25) is 5.91 Å². The molecule has 1 N–H and O–H groups in total. The van der Waals surface area contributed by atoms with Crippen LogP contribution in [-0.4, -0.2) is 37.0 Å². The molecule has 0 radical (unpaired) electrons. The summed E-state index contributed by atoms with van der Waals surface area (Å²) in [5.41, 5.74) is 0. The Bertz CT molecular complexity index is 480. The smallest absolute Gasteiger partial charge is 0.244 e. The normalized spacial score (nSPS) is 18.0. The number of halogens is 1. The van der Waals surface area contributed by atoms with E-state index < -0.39 is 0 Å². The molecule has 1 aromatic rings. The highest BCUT2D eigenvalue weighted by Gasteiger charge is 2.13. The molecule has 0 aliphatic carbocycles. The second-order valence-corrected chi connectivity index (χ2v) is 8.18. The molecule has 0 bridgehead atoms. The minimum atomic E-state index is -0.00924. The molecule has 2 rings (SSSR count). The van der Waals surface area contributed by atoms with Crippen LogP contribution in [-0.2, 0) is 4.79 Å². The first-order chi connectivity index (χ1) is 10.1. The molecule has 1 atom stereocenters. The Kier molecular flexibility index (Phi) is 6.93. The molecule has 1 fully saturated rings. The van der Waals surface area contributed by atoms with E-state index >= 15 is 0 Å². The Morgan fingerprint density at radius 1 is 1.43 bits per heavy atom. The first kappa shape index (κ1) is 16.7. The van der Waals surface area contributed by atoms with Gasteiger partial charge in [-0.2, -0.15) is 0 Å². The molecule has 1 aliphatic heterocycles. The van der Waals surface area contributed by atoms with Crippen molar-refractivity contribution in [2.24, 2.45) is 5.92 Å². The predicted molar refractivity (Wildman–Crippen MR) is 93.5 cm³/mol. The van der Waals surface area contributed by atoms with Crippen molar-refractivity contribution in [2.45, 2.75) is 26.2 Å². The lowest BCUT2D eigenvalue weighted by atomic mass is 10.1. The predicted octanol–water partition coefficient (Wildman–Crippen LogP) is 3.76. The van der Waals surface area contributed by atoms with Crippen LogP contribution in [0.1, 0.15) is 31.1 Å². The van der Waals surface area contributed by atoms with Gasteiger partial charge in [0.1, 0.15) is 0 Å². The van der Waals surface area contributed by atoms with Gasteiger partial charge in [-0.25, -0.2) is 0 Å². The van der Waals surface area contributed by atoms with Gasteiger partial charge in [-0.3, -0.25) is 4.79 Å². The molecule has 0 saturated carbocycles. The minimum absolute atomic E-state index is 0.00924. The maximum absolute atomic E-state index is 11.8. The van der Waals surface area contributed by atoms with Crippen LogP contribution in [0.25, 0.3) is 6.08 Å². The van der Waals surface area contributed by atoms with Crippen LogP contribution in [0.5, 0.6) is 0 Å². The number of carbonyl (C=O) groups excluding carboxylic acids is 1. The molecule has 1 unspecified atom stereocenters. The molecule has 5 heteroatoms. The fourth-order valence-electron chi connectivity index (χ4n) is 2.56. The fourth-order valence-corrected chi connectivity index (χ4v) is 3.88. The summed E-state index contributed by atoms with van der Waals surface area (Å²) in [5, 5.41) is 2.99. The van der Waals surface area contributed by atoms with Crippen molar-refractivity contribution in [1.82, 2.24) is 10.2 Å². The van der Waals surface area contributed by atoms with Crippen LogP contribution in [0.4, 0.5) is 0 Å². The number of hydrogen-bond donors (Lipinski definition) is 1. The number of thiophene rings is 1. The zero-order chi connectivity index (χ0) is 15.1. The van der Waals surface area contributed by atoms with Crippen LogP contribution >= 0.6 is 27.3 Å². The molecule has 116 valence electrons. The summed E-state index contributed by atoms with van der Waals surface area (Å²) in [6.07, 6.45) is 7.48. The number of rotatable bonds is 6. The SMILES string of the molecule is CC(CNC(=O)/C=C/c1ccc(Br)s1)CN1CCCCC1. The molecule has 0 aromatic carbocycles. The molecule has 1 aromatic heterocycles. The van der Waals surface area contributed by atoms with E-state index in [-0.39, 0.29) is 5.91 Å². The van der Waals surface area contributed by atoms with Gasteiger partial charge < -0.3 is 10.2 Å². The van der Waals surface area contributed by atoms with Crippen molar-refractivity contribution in [1.29, 1.82) is 0 Å². The number of nitrogens with zero attached hydrogens (tertiary/aromatic N) is 1. The first-order valence-electron chi connectivity index (χ1n) is 7.57. The largest absolute Gasteiger partial charge is 0.352 e. The van der Waals surface area contributed by atoms with Gasteiger partial charge in [0, 0.05) is 24.0 Å². The van der Waals surface area contributed by atoms with Gasteiger partial charge in [-0.1, -0.05) is 13.3 Å². The Hall–Kier alpha value is -0.650. The maximum atomic E-state index is 11.8. The average Bonchev–Trinajstić information content (AvgIpc) is 2.90. The zero-order valence-corrected chi connectivity index (χ0v) is 14.9. The standard InChI is InChI=1S/C16H23BrN2OS/c1-13(12-19-9-3-2-4-10-19)11-18-16(20)8-6-14-5-7-15(17)21-14/h5-8,13H,2-4,9-12H2,1H3,(H,18,20)/b8-6+. The highest BCUT2D eigenvalue weighted by Crippen LogP contribution is 2.22. The van der Waals surface area contributed by atoms with Crippen LogP contribution in [0.3, 0.4) is 0 Å². The highest BCUT2D eigenvalue weighted by molar-refractivity contribution is 9.11. The Labute approximate surface area is 139 Å². The van der Waals surface area contributed by atoms with E-state index in [0.717, 1.165) is 21.8 Å². The van der Waals surface area contributed by atoms with E-state index in [1.165, 1.54) is 32.4 Å². The number of carbonyl (C=O) groups is 1. The second-order valence-electron chi connectivity index (χ2n) is 5.69. The van der Waals surface area contributed by atoms with Gasteiger partial charge in [0.25, 0.3) is 0 Å². The van der Waals surface area contributed by atoms with E-state index in [1.807, 2.05) is 18.2 Å². The highest BCUT2D eigenvalue weighted by atomic mass is 79.9. The summed E-state index contributed by atoms with van der Waals surface area (Å²) in [6.45, 7) is 6.46. The lowest BCUT2D eigenvalue weighted by molar-refractivity contribution is -0.116. The summed E-state index contributed by atoms with van der Waals surface area (Å²) < 4.78 is 1.08. The first-order valence-corrected chi connectivity index (χ1v) is 9.18. The van der Waals surface area contributed by atoms with Crippen LogP contribution in [0.15, 0.2) is 22.0 Å². The second kappa shape index (κ2) is 8.71. The quantitative estimate of drug-likeness (QED) is 0.773. The maximum Gasteiger partial charge on any atom is 0.244 e. The number of amides is 1. The van der Waals surface area contributed by atoms with Crippen LogP contribution < -0.4 is 5.32 Å². The lowest BCUT2D eigenvalue weighted by Gasteiger charge is -2.29. The molecule has 21 heavy (non-hydrogen) atoms. The molecule has 2 heterocycles. The summed E-state index contributed by atoms with van der Waals surface area (Å²) >= 11 is 5.04. The van der Waals surface area contributed by atoms with Gasteiger partial charge in [-0.15, -0.1) is 11.3 Å². The average molecular weight is 371 g/mol. The number of nitrogens with one attached hydrogen (secondary N) is 1. The Morgan fingerprint density at radius 3 is 2.86 bits per heavy atom. The third kappa shape index (κ3) is 6.32. The van der Waals surface area contributed by atoms with E-state index in [9.17, 15) is 4.79 Å². The lowest BCUT2D eigenvalue weighted by Crippen LogP contribution is -2.37. The van der Waals surface area contributed by atoms with Gasteiger partial charge in [0.05, 0.1) is 3.79 Å². The van der Waals surface area contributed by atoms with Crippen molar-refractivity contribution in [2.75, 3.05) is 26.2 Å². The molecule has 3 nitrogen and oxygen atoms in total. The Morgan fingerprint density at radius 2 is 2.19 bits per heavy atom. The fraction of sp³-hybridized carbons (Fsp3) is 0.562. The van der Waals surface area contributed by atoms with E-state index in [2.05, 4.69) is 33.1 Å². The van der Waals surface area contributed by atoms with E-state index in [4.69, 9.17) is 0 Å². The van der Waals surface area contributed by atoms with Crippen LogP contribution in [0.2, 0.25) is 0 Å². The Balaban J connectivity index is 1.66. The molecule has 1 saturated heterocycles. The van der Waals surface area contributed by atoms with Gasteiger partial charge in [-0.05, 0) is 66.0 Å².